The van der Waals surface area contributed by atoms with E-state index in [4.69, 9.17) is 0 Å². The molecule has 2 saturated carbocycles. The van der Waals surface area contributed by atoms with Crippen LogP contribution in [0.2, 0.25) is 0 Å². The molecule has 0 radical (unpaired) electrons. The summed E-state index contributed by atoms with van der Waals surface area (Å²) in [5, 5.41) is 3.71. The van der Waals surface area contributed by atoms with Crippen LogP contribution in [0.3, 0.4) is 0 Å². The molecule has 1 N–H and O–H groups in total. The van der Waals surface area contributed by atoms with Crippen LogP contribution in [-0.2, 0) is 0 Å². The summed E-state index contributed by atoms with van der Waals surface area (Å²) in [5.41, 5.74) is 0.772. The van der Waals surface area contributed by atoms with Crippen molar-refractivity contribution in [3.05, 3.63) is 0 Å². The fraction of sp³-hybridized carbons (Fsp3) is 1.00. The lowest BCUT2D eigenvalue weighted by molar-refractivity contribution is 0.0644. The van der Waals surface area contributed by atoms with Crippen LogP contribution in [0.15, 0.2) is 0 Å². The summed E-state index contributed by atoms with van der Waals surface area (Å²) in [6, 6.07) is 0.824. The Labute approximate surface area is 132 Å². The topological polar surface area (TPSA) is 15.3 Å². The molecule has 1 spiro atoms. The first kappa shape index (κ1) is 15.8. The zero-order valence-electron chi connectivity index (χ0n) is 14.2. The monoisotopic (exact) mass is 292 g/mol. The number of nitrogens with zero attached hydrogens (tertiary/aromatic N) is 1. The van der Waals surface area contributed by atoms with Gasteiger partial charge in [0.05, 0.1) is 0 Å². The molecule has 1 heterocycles. The van der Waals surface area contributed by atoms with E-state index in [2.05, 4.69) is 17.1 Å². The Kier molecular flexibility index (Phi) is 5.61. The summed E-state index contributed by atoms with van der Waals surface area (Å²) in [7, 11) is 0. The quantitative estimate of drug-likeness (QED) is 0.817. The predicted octanol–water partition coefficient (Wildman–Crippen LogP) is 4.20. The smallest absolute Gasteiger partial charge is 0.00956 e. The second-order valence-electron chi connectivity index (χ2n) is 8.05. The standard InChI is InChI=1S/C19H36N2/c1-2-20-18-8-6-7-17(18)9-14-21-15-12-19(13-16-21)10-4-3-5-11-19/h17-18,20H,2-16H2,1H3. The minimum absolute atomic E-state index is 0.772. The van der Waals surface area contributed by atoms with Crippen molar-refractivity contribution in [3.63, 3.8) is 0 Å². The van der Waals surface area contributed by atoms with Crippen molar-refractivity contribution in [1.29, 1.82) is 0 Å². The molecule has 1 saturated heterocycles. The average molecular weight is 293 g/mol. The van der Waals surface area contributed by atoms with Gasteiger partial charge in [0.2, 0.25) is 0 Å². The van der Waals surface area contributed by atoms with Crippen LogP contribution in [0, 0.1) is 11.3 Å². The molecule has 0 bridgehead atoms. The molecule has 0 aromatic rings. The minimum atomic E-state index is 0.772. The van der Waals surface area contributed by atoms with Crippen molar-refractivity contribution < 1.29 is 0 Å². The third kappa shape index (κ3) is 4.01. The molecule has 2 heteroatoms. The molecule has 122 valence electrons. The van der Waals surface area contributed by atoms with Crippen LogP contribution in [0.1, 0.15) is 77.6 Å². The first-order valence-electron chi connectivity index (χ1n) is 9.77. The summed E-state index contributed by atoms with van der Waals surface area (Å²) >= 11 is 0. The van der Waals surface area contributed by atoms with Crippen LogP contribution < -0.4 is 5.32 Å². The first-order chi connectivity index (χ1) is 10.3. The Balaban J connectivity index is 1.39. The van der Waals surface area contributed by atoms with Gasteiger partial charge in [0.15, 0.2) is 0 Å². The highest BCUT2D eigenvalue weighted by Crippen LogP contribution is 2.44. The van der Waals surface area contributed by atoms with E-state index in [0.29, 0.717) is 0 Å². The highest BCUT2D eigenvalue weighted by molar-refractivity contribution is 4.89. The van der Waals surface area contributed by atoms with Gasteiger partial charge in [-0.1, -0.05) is 32.6 Å². The number of hydrogen-bond donors (Lipinski definition) is 1. The van der Waals surface area contributed by atoms with E-state index in [9.17, 15) is 0 Å². The minimum Gasteiger partial charge on any atom is -0.314 e. The maximum absolute atomic E-state index is 3.71. The van der Waals surface area contributed by atoms with Gasteiger partial charge in [-0.15, -0.1) is 0 Å². The average Bonchev–Trinajstić information content (AvgIpc) is 2.96. The van der Waals surface area contributed by atoms with E-state index in [-0.39, 0.29) is 0 Å². The van der Waals surface area contributed by atoms with Gasteiger partial charge in [-0.25, -0.2) is 0 Å². The van der Waals surface area contributed by atoms with Crippen LogP contribution in [0.4, 0.5) is 0 Å². The van der Waals surface area contributed by atoms with E-state index in [1.165, 1.54) is 90.3 Å². The first-order valence-corrected chi connectivity index (χ1v) is 9.77. The fourth-order valence-corrected chi connectivity index (χ4v) is 5.31. The molecular weight excluding hydrogens is 256 g/mol. The second-order valence-corrected chi connectivity index (χ2v) is 8.05. The zero-order valence-corrected chi connectivity index (χ0v) is 14.2. The molecule has 0 amide bonds. The Morgan fingerprint density at radius 2 is 1.71 bits per heavy atom. The van der Waals surface area contributed by atoms with E-state index >= 15 is 0 Å². The fourth-order valence-electron chi connectivity index (χ4n) is 5.31. The lowest BCUT2D eigenvalue weighted by Gasteiger charge is -2.44. The number of nitrogens with one attached hydrogen (secondary N) is 1. The molecule has 1 aliphatic heterocycles. The predicted molar refractivity (Wildman–Crippen MR) is 90.6 cm³/mol. The van der Waals surface area contributed by atoms with Gasteiger partial charge in [-0.2, -0.15) is 0 Å². The molecule has 21 heavy (non-hydrogen) atoms. The Morgan fingerprint density at radius 3 is 2.43 bits per heavy atom. The highest BCUT2D eigenvalue weighted by atomic mass is 15.1. The van der Waals surface area contributed by atoms with Gasteiger partial charge in [0, 0.05) is 6.04 Å². The molecule has 2 nitrogen and oxygen atoms in total. The highest BCUT2D eigenvalue weighted by Gasteiger charge is 2.35. The number of hydrogen-bond acceptors (Lipinski definition) is 2. The van der Waals surface area contributed by atoms with Crippen molar-refractivity contribution in [3.8, 4) is 0 Å². The number of piperidine rings is 1. The van der Waals surface area contributed by atoms with Crippen LogP contribution >= 0.6 is 0 Å². The molecule has 0 aromatic carbocycles. The van der Waals surface area contributed by atoms with Gasteiger partial charge < -0.3 is 10.2 Å². The van der Waals surface area contributed by atoms with Crippen molar-refractivity contribution in [2.45, 2.75) is 83.6 Å². The van der Waals surface area contributed by atoms with Gasteiger partial charge in [0.25, 0.3) is 0 Å². The summed E-state index contributed by atoms with van der Waals surface area (Å²) in [6.07, 6.45) is 16.3. The zero-order chi connectivity index (χ0) is 14.5. The second kappa shape index (κ2) is 7.46. The normalized spacial score (nSPS) is 33.6. The molecule has 3 fully saturated rings. The van der Waals surface area contributed by atoms with Crippen molar-refractivity contribution in [1.82, 2.24) is 10.2 Å². The number of rotatable bonds is 5. The van der Waals surface area contributed by atoms with Gasteiger partial charge in [0.1, 0.15) is 0 Å². The van der Waals surface area contributed by atoms with Crippen molar-refractivity contribution in [2.75, 3.05) is 26.2 Å². The molecule has 0 aromatic heterocycles. The SMILES string of the molecule is CCNC1CCCC1CCN1CCC2(CCCCC2)CC1. The van der Waals surface area contributed by atoms with Crippen molar-refractivity contribution >= 4 is 0 Å². The summed E-state index contributed by atoms with van der Waals surface area (Å²) in [6.45, 7) is 7.54. The summed E-state index contributed by atoms with van der Waals surface area (Å²) in [4.78, 5) is 2.78. The lowest BCUT2D eigenvalue weighted by atomic mass is 9.68. The van der Waals surface area contributed by atoms with E-state index in [0.717, 1.165) is 23.9 Å². The van der Waals surface area contributed by atoms with E-state index in [1.54, 1.807) is 0 Å². The summed E-state index contributed by atoms with van der Waals surface area (Å²) < 4.78 is 0. The molecule has 2 atom stereocenters. The van der Waals surface area contributed by atoms with Gasteiger partial charge in [-0.3, -0.25) is 0 Å². The number of likely N-dealkylation sites (tertiary alicyclic amines) is 1. The molecule has 3 aliphatic rings. The molecule has 2 unspecified atom stereocenters. The maximum Gasteiger partial charge on any atom is 0.00956 e. The lowest BCUT2D eigenvalue weighted by Crippen LogP contribution is -2.42. The maximum atomic E-state index is 3.71. The third-order valence-electron chi connectivity index (χ3n) is 6.77. The Morgan fingerprint density at radius 1 is 0.952 bits per heavy atom. The van der Waals surface area contributed by atoms with Crippen molar-refractivity contribution in [2.24, 2.45) is 11.3 Å². The summed E-state index contributed by atoms with van der Waals surface area (Å²) in [5.74, 6) is 0.954. The Hall–Kier alpha value is -0.0800. The van der Waals surface area contributed by atoms with Crippen LogP contribution in [0.25, 0.3) is 0 Å². The Bertz CT molecular complexity index is 299. The molecule has 3 rings (SSSR count). The van der Waals surface area contributed by atoms with E-state index in [1.807, 2.05) is 0 Å². The molecule has 2 aliphatic carbocycles. The van der Waals surface area contributed by atoms with Crippen LogP contribution in [0.5, 0.6) is 0 Å². The van der Waals surface area contributed by atoms with Gasteiger partial charge >= 0.3 is 0 Å². The van der Waals surface area contributed by atoms with Gasteiger partial charge in [-0.05, 0) is 82.5 Å². The molecular formula is C19H36N2. The third-order valence-corrected chi connectivity index (χ3v) is 6.77. The largest absolute Gasteiger partial charge is 0.314 e. The van der Waals surface area contributed by atoms with E-state index < -0.39 is 0 Å². The van der Waals surface area contributed by atoms with Crippen LogP contribution in [-0.4, -0.2) is 37.1 Å².